The highest BCUT2D eigenvalue weighted by molar-refractivity contribution is 6.00. The number of methoxy groups -OCH3 is 1. The van der Waals surface area contributed by atoms with E-state index in [1.54, 1.807) is 4.68 Å². The van der Waals surface area contributed by atoms with Crippen LogP contribution in [-0.2, 0) is 22.3 Å². The number of carbonyl (C=O) groups excluding carboxylic acids is 2. The first-order chi connectivity index (χ1) is 12.8. The van der Waals surface area contributed by atoms with E-state index in [-0.39, 0.29) is 11.1 Å². The van der Waals surface area contributed by atoms with Crippen molar-refractivity contribution in [1.29, 1.82) is 0 Å². The molecule has 0 spiro atoms. The number of fused-ring (bicyclic) bond motifs is 1. The largest absolute Gasteiger partial charge is 0.467 e. The number of anilines is 1. The van der Waals surface area contributed by atoms with Gasteiger partial charge in [0.25, 0.3) is 5.91 Å². The van der Waals surface area contributed by atoms with Gasteiger partial charge in [-0.3, -0.25) is 4.79 Å². The van der Waals surface area contributed by atoms with Gasteiger partial charge in [0, 0.05) is 13.1 Å². The van der Waals surface area contributed by atoms with Crippen molar-refractivity contribution in [3.63, 3.8) is 0 Å². The van der Waals surface area contributed by atoms with Gasteiger partial charge >= 0.3 is 12.1 Å². The lowest BCUT2D eigenvalue weighted by atomic mass is 10.0. The summed E-state index contributed by atoms with van der Waals surface area (Å²) in [4.78, 5) is 24.7. The fourth-order valence-electron chi connectivity index (χ4n) is 2.84. The van der Waals surface area contributed by atoms with Crippen molar-refractivity contribution in [2.24, 2.45) is 0 Å². The highest BCUT2D eigenvalue weighted by Gasteiger charge is 2.33. The Morgan fingerprint density at radius 2 is 2.15 bits per heavy atom. The number of ether oxygens (including phenoxy) is 1. The minimum atomic E-state index is -4.57. The fraction of sp³-hybridized carbons (Fsp3) is 0.353. The number of esters is 1. The van der Waals surface area contributed by atoms with Crippen LogP contribution in [-0.4, -0.2) is 35.3 Å². The monoisotopic (exact) mass is 382 g/mol. The number of nitrogens with zero attached hydrogens (tertiary/aromatic N) is 2. The highest BCUT2D eigenvalue weighted by Crippen LogP contribution is 2.31. The summed E-state index contributed by atoms with van der Waals surface area (Å²) in [6, 6.07) is 2.81. The zero-order chi connectivity index (χ0) is 19.6. The summed E-state index contributed by atoms with van der Waals surface area (Å²) in [6.45, 7) is 1.31. The molecule has 2 N–H and O–H groups in total. The van der Waals surface area contributed by atoms with Gasteiger partial charge in [0.1, 0.15) is 11.4 Å². The lowest BCUT2D eigenvalue weighted by Crippen LogP contribution is -2.35. The summed E-state index contributed by atoms with van der Waals surface area (Å²) in [5.74, 6) is -1.01. The van der Waals surface area contributed by atoms with E-state index in [0.29, 0.717) is 18.9 Å². The van der Waals surface area contributed by atoms with Crippen molar-refractivity contribution in [2.75, 3.05) is 19.0 Å². The first-order valence-electron chi connectivity index (χ1n) is 8.17. The average molecular weight is 382 g/mol. The van der Waals surface area contributed by atoms with E-state index in [2.05, 4.69) is 20.5 Å². The standard InChI is InChI=1S/C17H17F3N4O3/c1-27-16(26)13(10-4-2-5-11(8-10)17(18,19)20)23-15(25)12-9-22-24-7-3-6-21-14(12)24/h2,4-5,8-9,13,21H,3,6-7H2,1H3,(H,23,25). The van der Waals surface area contributed by atoms with Crippen molar-refractivity contribution in [3.8, 4) is 0 Å². The molecule has 0 saturated carbocycles. The van der Waals surface area contributed by atoms with E-state index in [9.17, 15) is 22.8 Å². The van der Waals surface area contributed by atoms with Gasteiger partial charge in [-0.25, -0.2) is 9.48 Å². The number of benzene rings is 1. The number of aromatic nitrogens is 2. The van der Waals surface area contributed by atoms with E-state index in [0.717, 1.165) is 25.7 Å². The van der Waals surface area contributed by atoms with Crippen LogP contribution in [0.5, 0.6) is 0 Å². The van der Waals surface area contributed by atoms with Gasteiger partial charge in [-0.2, -0.15) is 18.3 Å². The summed E-state index contributed by atoms with van der Waals surface area (Å²) in [5, 5.41) is 9.59. The van der Waals surface area contributed by atoms with Crippen molar-refractivity contribution in [2.45, 2.75) is 25.2 Å². The predicted molar refractivity (Wildman–Crippen MR) is 89.0 cm³/mol. The summed E-state index contributed by atoms with van der Waals surface area (Å²) in [6.07, 6.45) is -2.37. The first-order valence-corrected chi connectivity index (χ1v) is 8.17. The summed E-state index contributed by atoms with van der Waals surface area (Å²) in [5.41, 5.74) is -0.748. The Kier molecular flexibility index (Phi) is 5.06. The lowest BCUT2D eigenvalue weighted by Gasteiger charge is -2.20. The number of rotatable bonds is 4. The molecule has 1 aliphatic rings. The molecular weight excluding hydrogens is 365 g/mol. The Hall–Kier alpha value is -3.04. The van der Waals surface area contributed by atoms with Crippen molar-refractivity contribution < 1.29 is 27.5 Å². The average Bonchev–Trinajstić information content (AvgIpc) is 3.09. The second-order valence-electron chi connectivity index (χ2n) is 5.96. The lowest BCUT2D eigenvalue weighted by molar-refractivity contribution is -0.143. The minimum Gasteiger partial charge on any atom is -0.467 e. The van der Waals surface area contributed by atoms with Crippen LogP contribution in [0.3, 0.4) is 0 Å². The van der Waals surface area contributed by atoms with Crippen LogP contribution in [0.25, 0.3) is 0 Å². The summed E-state index contributed by atoms with van der Waals surface area (Å²) in [7, 11) is 1.10. The Morgan fingerprint density at radius 1 is 1.37 bits per heavy atom. The molecule has 0 fully saturated rings. The van der Waals surface area contributed by atoms with Gasteiger partial charge in [0.05, 0.1) is 18.9 Å². The molecular formula is C17H17F3N4O3. The smallest absolute Gasteiger partial charge is 0.416 e. The molecule has 1 aliphatic heterocycles. The molecule has 2 aromatic rings. The Labute approximate surface area is 152 Å². The quantitative estimate of drug-likeness (QED) is 0.793. The van der Waals surface area contributed by atoms with E-state index in [4.69, 9.17) is 0 Å². The maximum absolute atomic E-state index is 13.0. The Balaban J connectivity index is 1.89. The molecule has 10 heteroatoms. The number of nitrogens with one attached hydrogen (secondary N) is 2. The van der Waals surface area contributed by atoms with Crippen molar-refractivity contribution in [3.05, 3.63) is 47.2 Å². The number of aryl methyl sites for hydroxylation is 1. The molecule has 1 amide bonds. The van der Waals surface area contributed by atoms with Crippen LogP contribution in [0.1, 0.15) is 33.9 Å². The van der Waals surface area contributed by atoms with E-state index >= 15 is 0 Å². The minimum absolute atomic E-state index is 0.0287. The molecule has 144 valence electrons. The number of carbonyl (C=O) groups is 2. The van der Waals surface area contributed by atoms with Gasteiger partial charge in [0.15, 0.2) is 6.04 Å². The number of alkyl halides is 3. The third-order valence-corrected chi connectivity index (χ3v) is 4.18. The Morgan fingerprint density at radius 3 is 2.85 bits per heavy atom. The molecule has 1 unspecified atom stereocenters. The zero-order valence-corrected chi connectivity index (χ0v) is 14.3. The molecule has 1 aromatic carbocycles. The first kappa shape index (κ1) is 18.7. The second kappa shape index (κ2) is 7.29. The van der Waals surface area contributed by atoms with Crippen LogP contribution in [0.15, 0.2) is 30.5 Å². The van der Waals surface area contributed by atoms with Crippen molar-refractivity contribution >= 4 is 17.7 Å². The third-order valence-electron chi connectivity index (χ3n) is 4.18. The van der Waals surface area contributed by atoms with Crippen LogP contribution in [0, 0.1) is 0 Å². The van der Waals surface area contributed by atoms with Gasteiger partial charge in [-0.15, -0.1) is 0 Å². The van der Waals surface area contributed by atoms with Gasteiger partial charge < -0.3 is 15.4 Å². The number of halogens is 3. The molecule has 7 nitrogen and oxygen atoms in total. The van der Waals surface area contributed by atoms with E-state index < -0.39 is 29.7 Å². The van der Waals surface area contributed by atoms with E-state index in [1.807, 2.05) is 0 Å². The predicted octanol–water partition coefficient (Wildman–Crippen LogP) is 2.36. The van der Waals surface area contributed by atoms with Gasteiger partial charge in [-0.05, 0) is 24.1 Å². The third kappa shape index (κ3) is 3.88. The van der Waals surface area contributed by atoms with E-state index in [1.165, 1.54) is 18.3 Å². The SMILES string of the molecule is COC(=O)C(NC(=O)c1cnn2c1NCCC2)c1cccc(C(F)(F)F)c1. The fourth-order valence-corrected chi connectivity index (χ4v) is 2.84. The highest BCUT2D eigenvalue weighted by atomic mass is 19.4. The van der Waals surface area contributed by atoms with Crippen LogP contribution in [0.2, 0.25) is 0 Å². The molecule has 0 aliphatic carbocycles. The topological polar surface area (TPSA) is 85.2 Å². The molecule has 2 heterocycles. The molecule has 1 aromatic heterocycles. The Bertz CT molecular complexity index is 863. The number of hydrogen-bond acceptors (Lipinski definition) is 5. The molecule has 0 bridgehead atoms. The van der Waals surface area contributed by atoms with Gasteiger partial charge in [-0.1, -0.05) is 12.1 Å². The van der Waals surface area contributed by atoms with Crippen LogP contribution < -0.4 is 10.6 Å². The molecule has 3 rings (SSSR count). The zero-order valence-electron chi connectivity index (χ0n) is 14.3. The van der Waals surface area contributed by atoms with Crippen LogP contribution >= 0.6 is 0 Å². The molecule has 1 atom stereocenters. The van der Waals surface area contributed by atoms with Crippen LogP contribution in [0.4, 0.5) is 19.0 Å². The summed E-state index contributed by atoms with van der Waals surface area (Å²) >= 11 is 0. The molecule has 0 saturated heterocycles. The summed E-state index contributed by atoms with van der Waals surface area (Å²) < 4.78 is 45.2. The van der Waals surface area contributed by atoms with Crippen molar-refractivity contribution in [1.82, 2.24) is 15.1 Å². The maximum Gasteiger partial charge on any atom is 0.416 e. The second-order valence-corrected chi connectivity index (χ2v) is 5.96. The number of hydrogen-bond donors (Lipinski definition) is 2. The maximum atomic E-state index is 13.0. The molecule has 0 radical (unpaired) electrons. The molecule has 27 heavy (non-hydrogen) atoms. The normalized spacial score (nSPS) is 14.7. The number of amides is 1. The van der Waals surface area contributed by atoms with Gasteiger partial charge in [0.2, 0.25) is 0 Å².